The number of rotatable bonds is 4. The van der Waals surface area contributed by atoms with Gasteiger partial charge in [-0.15, -0.1) is 0 Å². The van der Waals surface area contributed by atoms with Gasteiger partial charge in [-0.05, 0) is 42.3 Å². The molecule has 2 aromatic rings. The molecule has 3 heteroatoms. The van der Waals surface area contributed by atoms with E-state index < -0.39 is 0 Å². The molecule has 1 unspecified atom stereocenters. The first kappa shape index (κ1) is 13.2. The van der Waals surface area contributed by atoms with Crippen molar-refractivity contribution in [2.75, 3.05) is 6.54 Å². The van der Waals surface area contributed by atoms with Gasteiger partial charge in [0.05, 0.1) is 6.04 Å². The standard InChI is InChI=1S/C15H17BrN2/c1-3-18-15(13-5-4-8-17-10-13)12-6-7-14(16)11(2)9-12/h4-10,15,18H,3H2,1-2H3. The zero-order chi connectivity index (χ0) is 13.0. The number of benzene rings is 1. The van der Waals surface area contributed by atoms with E-state index in [9.17, 15) is 0 Å². The van der Waals surface area contributed by atoms with E-state index in [4.69, 9.17) is 0 Å². The number of hydrogen-bond donors (Lipinski definition) is 1. The van der Waals surface area contributed by atoms with E-state index in [0.717, 1.165) is 11.0 Å². The monoisotopic (exact) mass is 304 g/mol. The summed E-state index contributed by atoms with van der Waals surface area (Å²) in [5, 5.41) is 3.51. The average Bonchev–Trinajstić information content (AvgIpc) is 2.40. The van der Waals surface area contributed by atoms with Gasteiger partial charge in [0.25, 0.3) is 0 Å². The Morgan fingerprint density at radius 3 is 2.72 bits per heavy atom. The molecule has 0 fully saturated rings. The van der Waals surface area contributed by atoms with Gasteiger partial charge in [-0.1, -0.05) is 41.1 Å². The molecule has 1 N–H and O–H groups in total. The Hall–Kier alpha value is -1.19. The summed E-state index contributed by atoms with van der Waals surface area (Å²) in [6.07, 6.45) is 3.73. The third kappa shape index (κ3) is 2.98. The number of hydrogen-bond acceptors (Lipinski definition) is 2. The lowest BCUT2D eigenvalue weighted by Crippen LogP contribution is -2.22. The fraction of sp³-hybridized carbons (Fsp3) is 0.267. The molecular formula is C15H17BrN2. The summed E-state index contributed by atoms with van der Waals surface area (Å²) in [5.41, 5.74) is 3.71. The zero-order valence-corrected chi connectivity index (χ0v) is 12.2. The topological polar surface area (TPSA) is 24.9 Å². The second kappa shape index (κ2) is 6.12. The molecule has 18 heavy (non-hydrogen) atoms. The summed E-state index contributed by atoms with van der Waals surface area (Å²) in [4.78, 5) is 4.20. The lowest BCUT2D eigenvalue weighted by molar-refractivity contribution is 0.628. The van der Waals surface area contributed by atoms with Crippen molar-refractivity contribution in [1.29, 1.82) is 0 Å². The van der Waals surface area contributed by atoms with Crippen molar-refractivity contribution in [3.63, 3.8) is 0 Å². The van der Waals surface area contributed by atoms with Crippen LogP contribution in [0.1, 0.15) is 29.7 Å². The highest BCUT2D eigenvalue weighted by Crippen LogP contribution is 2.25. The van der Waals surface area contributed by atoms with Crippen LogP contribution in [-0.2, 0) is 0 Å². The maximum Gasteiger partial charge on any atom is 0.0591 e. The van der Waals surface area contributed by atoms with Crippen LogP contribution >= 0.6 is 15.9 Å². The van der Waals surface area contributed by atoms with Crippen molar-refractivity contribution in [2.45, 2.75) is 19.9 Å². The third-order valence-corrected chi connectivity index (χ3v) is 3.83. The summed E-state index contributed by atoms with van der Waals surface area (Å²) in [7, 11) is 0. The molecule has 1 aromatic carbocycles. The minimum Gasteiger partial charge on any atom is -0.306 e. The van der Waals surface area contributed by atoms with Gasteiger partial charge in [0.15, 0.2) is 0 Å². The molecule has 1 atom stereocenters. The molecule has 0 radical (unpaired) electrons. The summed E-state index contributed by atoms with van der Waals surface area (Å²) < 4.78 is 1.15. The van der Waals surface area contributed by atoms with Gasteiger partial charge in [0, 0.05) is 16.9 Å². The number of nitrogens with one attached hydrogen (secondary N) is 1. The first-order chi connectivity index (χ1) is 8.72. The molecule has 0 saturated carbocycles. The molecule has 2 rings (SSSR count). The van der Waals surface area contributed by atoms with E-state index >= 15 is 0 Å². The van der Waals surface area contributed by atoms with E-state index in [1.54, 1.807) is 6.20 Å². The predicted molar refractivity (Wildman–Crippen MR) is 78.6 cm³/mol. The average molecular weight is 305 g/mol. The predicted octanol–water partition coefficient (Wildman–Crippen LogP) is 3.85. The quantitative estimate of drug-likeness (QED) is 0.928. The number of halogens is 1. The normalized spacial score (nSPS) is 12.4. The van der Waals surface area contributed by atoms with Crippen LogP contribution in [0.4, 0.5) is 0 Å². The van der Waals surface area contributed by atoms with Crippen LogP contribution in [0.3, 0.4) is 0 Å². The highest BCUT2D eigenvalue weighted by atomic mass is 79.9. The third-order valence-electron chi connectivity index (χ3n) is 2.94. The molecule has 0 aliphatic heterocycles. The van der Waals surface area contributed by atoms with E-state index in [2.05, 4.69) is 64.3 Å². The van der Waals surface area contributed by atoms with Crippen LogP contribution in [0.2, 0.25) is 0 Å². The maximum atomic E-state index is 4.20. The molecule has 1 aromatic heterocycles. The van der Waals surface area contributed by atoms with E-state index in [1.807, 2.05) is 12.3 Å². The van der Waals surface area contributed by atoms with Crippen molar-refractivity contribution in [2.24, 2.45) is 0 Å². The van der Waals surface area contributed by atoms with E-state index in [1.165, 1.54) is 16.7 Å². The van der Waals surface area contributed by atoms with E-state index in [0.29, 0.717) is 0 Å². The van der Waals surface area contributed by atoms with Crippen LogP contribution in [0, 0.1) is 6.92 Å². The zero-order valence-electron chi connectivity index (χ0n) is 10.7. The molecule has 1 heterocycles. The summed E-state index contributed by atoms with van der Waals surface area (Å²) >= 11 is 3.54. The highest BCUT2D eigenvalue weighted by molar-refractivity contribution is 9.10. The Kier molecular flexibility index (Phi) is 4.50. The van der Waals surface area contributed by atoms with Gasteiger partial charge in [0.2, 0.25) is 0 Å². The Morgan fingerprint density at radius 2 is 2.11 bits per heavy atom. The molecule has 0 aliphatic rings. The van der Waals surface area contributed by atoms with Gasteiger partial charge in [-0.3, -0.25) is 4.98 Å². The fourth-order valence-electron chi connectivity index (χ4n) is 2.03. The van der Waals surface area contributed by atoms with Crippen molar-refractivity contribution < 1.29 is 0 Å². The van der Waals surface area contributed by atoms with Crippen molar-refractivity contribution in [3.8, 4) is 0 Å². The molecule has 0 aliphatic carbocycles. The summed E-state index contributed by atoms with van der Waals surface area (Å²) in [6, 6.07) is 10.8. The van der Waals surface area contributed by atoms with E-state index in [-0.39, 0.29) is 6.04 Å². The van der Waals surface area contributed by atoms with Crippen molar-refractivity contribution in [1.82, 2.24) is 10.3 Å². The Labute approximate surface area is 117 Å². The number of aryl methyl sites for hydroxylation is 1. The first-order valence-electron chi connectivity index (χ1n) is 6.11. The summed E-state index contributed by atoms with van der Waals surface area (Å²) in [5.74, 6) is 0. The molecule has 0 saturated heterocycles. The Bertz CT molecular complexity index is 511. The van der Waals surface area contributed by atoms with Crippen LogP contribution in [0.15, 0.2) is 47.2 Å². The molecule has 0 spiro atoms. The maximum absolute atomic E-state index is 4.20. The fourth-order valence-corrected chi connectivity index (χ4v) is 2.27. The van der Waals surface area contributed by atoms with Crippen LogP contribution in [0.5, 0.6) is 0 Å². The van der Waals surface area contributed by atoms with Crippen molar-refractivity contribution >= 4 is 15.9 Å². The van der Waals surface area contributed by atoms with Crippen LogP contribution in [-0.4, -0.2) is 11.5 Å². The lowest BCUT2D eigenvalue weighted by Gasteiger charge is -2.19. The van der Waals surface area contributed by atoms with Gasteiger partial charge in [-0.2, -0.15) is 0 Å². The minimum absolute atomic E-state index is 0.204. The molecule has 2 nitrogen and oxygen atoms in total. The lowest BCUT2D eigenvalue weighted by atomic mass is 9.98. The van der Waals surface area contributed by atoms with Crippen LogP contribution in [0.25, 0.3) is 0 Å². The number of aromatic nitrogens is 1. The van der Waals surface area contributed by atoms with Crippen molar-refractivity contribution in [3.05, 3.63) is 63.9 Å². The molecule has 0 bridgehead atoms. The molecule has 0 amide bonds. The van der Waals surface area contributed by atoms with Gasteiger partial charge >= 0.3 is 0 Å². The largest absolute Gasteiger partial charge is 0.306 e. The van der Waals surface area contributed by atoms with Gasteiger partial charge < -0.3 is 5.32 Å². The minimum atomic E-state index is 0.204. The SMILES string of the molecule is CCNC(c1cccnc1)c1ccc(Br)c(C)c1. The van der Waals surface area contributed by atoms with Crippen LogP contribution < -0.4 is 5.32 Å². The second-order valence-corrected chi connectivity index (χ2v) is 5.14. The smallest absolute Gasteiger partial charge is 0.0591 e. The first-order valence-corrected chi connectivity index (χ1v) is 6.91. The van der Waals surface area contributed by atoms with Gasteiger partial charge in [0.1, 0.15) is 0 Å². The van der Waals surface area contributed by atoms with Gasteiger partial charge in [-0.25, -0.2) is 0 Å². The Balaban J connectivity index is 2.38. The Morgan fingerprint density at radius 1 is 1.28 bits per heavy atom. The highest BCUT2D eigenvalue weighted by Gasteiger charge is 2.13. The number of pyridine rings is 1. The molecular weight excluding hydrogens is 288 g/mol. The summed E-state index contributed by atoms with van der Waals surface area (Å²) in [6.45, 7) is 5.16. The molecule has 94 valence electrons. The second-order valence-electron chi connectivity index (χ2n) is 4.29. The number of nitrogens with zero attached hydrogens (tertiary/aromatic N) is 1.